The Morgan fingerprint density at radius 2 is 2.18 bits per heavy atom. The van der Waals surface area contributed by atoms with Gasteiger partial charge in [0, 0.05) is 14.4 Å². The minimum Gasteiger partial charge on any atom is -0.377 e. The van der Waals surface area contributed by atoms with Crippen LogP contribution in [0.1, 0.15) is 23.4 Å². The lowest BCUT2D eigenvalue weighted by Gasteiger charge is -2.16. The number of hydrogen-bond acceptors (Lipinski definition) is 2. The second kappa shape index (κ2) is 5.42. The molecule has 0 saturated carbocycles. The van der Waals surface area contributed by atoms with Gasteiger partial charge >= 0.3 is 0 Å². The molecule has 0 aliphatic heterocycles. The summed E-state index contributed by atoms with van der Waals surface area (Å²) in [5.41, 5.74) is 2.11. The zero-order chi connectivity index (χ0) is 12.4. The molecule has 4 heteroatoms. The largest absolute Gasteiger partial charge is 0.377 e. The third-order valence-corrected chi connectivity index (χ3v) is 4.71. The first-order chi connectivity index (χ1) is 8.08. The maximum atomic E-state index is 6.14. The van der Waals surface area contributed by atoms with Crippen molar-refractivity contribution in [3.8, 4) is 0 Å². The van der Waals surface area contributed by atoms with Crippen molar-refractivity contribution in [1.82, 2.24) is 0 Å². The van der Waals surface area contributed by atoms with Gasteiger partial charge in [0.2, 0.25) is 0 Å². The van der Waals surface area contributed by atoms with E-state index in [0.717, 1.165) is 20.7 Å². The minimum absolute atomic E-state index is 0.282. The topological polar surface area (TPSA) is 12.0 Å². The smallest absolute Gasteiger partial charge is 0.0578 e. The van der Waals surface area contributed by atoms with Gasteiger partial charge in [-0.3, -0.25) is 0 Å². The molecular weight excluding hydrogens is 318 g/mol. The van der Waals surface area contributed by atoms with E-state index in [0.29, 0.717) is 0 Å². The number of benzene rings is 1. The van der Waals surface area contributed by atoms with Crippen LogP contribution in [0, 0.1) is 6.92 Å². The fraction of sp³-hybridized carbons (Fsp3) is 0.231. The van der Waals surface area contributed by atoms with Gasteiger partial charge in [0.15, 0.2) is 0 Å². The molecule has 17 heavy (non-hydrogen) atoms. The molecule has 1 atom stereocenters. The molecule has 1 aromatic heterocycles. The van der Waals surface area contributed by atoms with Gasteiger partial charge in [0.1, 0.15) is 0 Å². The SMILES string of the molecule is Cc1cc(Br)c(NC(C)c2cccs2)cc1Cl. The van der Waals surface area contributed by atoms with Crippen molar-refractivity contribution in [3.63, 3.8) is 0 Å². The van der Waals surface area contributed by atoms with Crippen LogP contribution < -0.4 is 5.32 Å². The highest BCUT2D eigenvalue weighted by atomic mass is 79.9. The predicted molar refractivity (Wildman–Crippen MR) is 80.2 cm³/mol. The van der Waals surface area contributed by atoms with E-state index < -0.39 is 0 Å². The molecule has 2 aromatic rings. The molecule has 0 aliphatic rings. The van der Waals surface area contributed by atoms with Crippen molar-refractivity contribution in [3.05, 3.63) is 49.6 Å². The average Bonchev–Trinajstić information content (AvgIpc) is 2.79. The summed E-state index contributed by atoms with van der Waals surface area (Å²) < 4.78 is 1.04. The lowest BCUT2D eigenvalue weighted by Crippen LogP contribution is -2.05. The molecule has 0 amide bonds. The first-order valence-corrected chi connectivity index (χ1v) is 7.38. The molecule has 0 radical (unpaired) electrons. The highest BCUT2D eigenvalue weighted by Gasteiger charge is 2.09. The van der Waals surface area contributed by atoms with Gasteiger partial charge in [-0.2, -0.15) is 0 Å². The lowest BCUT2D eigenvalue weighted by molar-refractivity contribution is 0.906. The third-order valence-electron chi connectivity index (χ3n) is 2.59. The van der Waals surface area contributed by atoms with E-state index >= 15 is 0 Å². The number of nitrogens with one attached hydrogen (secondary N) is 1. The van der Waals surface area contributed by atoms with Crippen LogP contribution in [0.15, 0.2) is 34.1 Å². The van der Waals surface area contributed by atoms with Crippen molar-refractivity contribution in [2.24, 2.45) is 0 Å². The Hall–Kier alpha value is -0.510. The Kier molecular flexibility index (Phi) is 4.13. The Balaban J connectivity index is 2.22. The van der Waals surface area contributed by atoms with Crippen LogP contribution in [0.25, 0.3) is 0 Å². The summed E-state index contributed by atoms with van der Waals surface area (Å²) in [6.45, 7) is 4.14. The molecule has 1 aromatic carbocycles. The molecule has 1 heterocycles. The van der Waals surface area contributed by atoms with Crippen LogP contribution in [0.2, 0.25) is 5.02 Å². The van der Waals surface area contributed by atoms with E-state index in [9.17, 15) is 0 Å². The molecule has 90 valence electrons. The van der Waals surface area contributed by atoms with Gasteiger partial charge in [-0.25, -0.2) is 0 Å². The van der Waals surface area contributed by atoms with Gasteiger partial charge in [0.05, 0.1) is 11.7 Å². The van der Waals surface area contributed by atoms with Crippen molar-refractivity contribution in [2.45, 2.75) is 19.9 Å². The summed E-state index contributed by atoms with van der Waals surface area (Å²) in [7, 11) is 0. The van der Waals surface area contributed by atoms with E-state index in [1.165, 1.54) is 4.88 Å². The number of rotatable bonds is 3. The molecule has 0 aliphatic carbocycles. The van der Waals surface area contributed by atoms with Gasteiger partial charge < -0.3 is 5.32 Å². The maximum absolute atomic E-state index is 6.14. The molecule has 1 unspecified atom stereocenters. The second-order valence-electron chi connectivity index (χ2n) is 3.96. The Morgan fingerprint density at radius 3 is 2.82 bits per heavy atom. The van der Waals surface area contributed by atoms with Crippen LogP contribution >= 0.6 is 38.9 Å². The molecule has 0 fully saturated rings. The third kappa shape index (κ3) is 3.03. The van der Waals surface area contributed by atoms with Crippen LogP contribution in [0.5, 0.6) is 0 Å². The predicted octanol–water partition coefficient (Wildman–Crippen LogP) is 5.65. The van der Waals surface area contributed by atoms with Gasteiger partial charge in [-0.15, -0.1) is 11.3 Å². The average molecular weight is 331 g/mol. The summed E-state index contributed by atoms with van der Waals surface area (Å²) in [6, 6.07) is 8.48. The number of hydrogen-bond donors (Lipinski definition) is 1. The van der Waals surface area contributed by atoms with Gasteiger partial charge in [-0.1, -0.05) is 17.7 Å². The Morgan fingerprint density at radius 1 is 1.41 bits per heavy atom. The second-order valence-corrected chi connectivity index (χ2v) is 6.20. The normalized spacial score (nSPS) is 12.5. The lowest BCUT2D eigenvalue weighted by atomic mass is 10.2. The van der Waals surface area contributed by atoms with Gasteiger partial charge in [-0.05, 0) is 58.9 Å². The summed E-state index contributed by atoms with van der Waals surface area (Å²) in [6.07, 6.45) is 0. The molecule has 1 N–H and O–H groups in total. The zero-order valence-corrected chi connectivity index (χ0v) is 12.8. The fourth-order valence-corrected chi connectivity index (χ4v) is 3.07. The van der Waals surface area contributed by atoms with Crippen LogP contribution in [-0.4, -0.2) is 0 Å². The zero-order valence-electron chi connectivity index (χ0n) is 9.63. The first-order valence-electron chi connectivity index (χ1n) is 5.33. The van der Waals surface area contributed by atoms with E-state index in [1.807, 2.05) is 19.1 Å². The highest BCUT2D eigenvalue weighted by molar-refractivity contribution is 9.10. The molecular formula is C13H13BrClNS. The molecule has 0 saturated heterocycles. The fourth-order valence-electron chi connectivity index (χ4n) is 1.60. The summed E-state index contributed by atoms with van der Waals surface area (Å²) in [5.74, 6) is 0. The van der Waals surface area contributed by atoms with Crippen molar-refractivity contribution < 1.29 is 0 Å². The van der Waals surface area contributed by atoms with E-state index in [-0.39, 0.29) is 6.04 Å². The van der Waals surface area contributed by atoms with Crippen molar-refractivity contribution >= 4 is 44.6 Å². The van der Waals surface area contributed by atoms with Crippen LogP contribution in [-0.2, 0) is 0 Å². The molecule has 0 spiro atoms. The van der Waals surface area contributed by atoms with Crippen LogP contribution in [0.4, 0.5) is 5.69 Å². The Bertz CT molecular complexity index is 510. The van der Waals surface area contributed by atoms with E-state index in [1.54, 1.807) is 11.3 Å². The Labute approximate surface area is 119 Å². The van der Waals surface area contributed by atoms with Gasteiger partial charge in [0.25, 0.3) is 0 Å². The van der Waals surface area contributed by atoms with Crippen molar-refractivity contribution in [2.75, 3.05) is 5.32 Å². The maximum Gasteiger partial charge on any atom is 0.0578 e. The number of halogens is 2. The quantitative estimate of drug-likeness (QED) is 0.767. The standard InChI is InChI=1S/C13H13BrClNS/c1-8-6-10(14)12(7-11(8)15)16-9(2)13-4-3-5-17-13/h3-7,9,16H,1-2H3. The summed E-state index contributed by atoms with van der Waals surface area (Å²) in [5, 5.41) is 6.33. The summed E-state index contributed by atoms with van der Waals surface area (Å²) in [4.78, 5) is 1.31. The molecule has 2 rings (SSSR count). The van der Waals surface area contributed by atoms with Crippen LogP contribution in [0.3, 0.4) is 0 Å². The highest BCUT2D eigenvalue weighted by Crippen LogP contribution is 2.32. The summed E-state index contributed by atoms with van der Waals surface area (Å²) >= 11 is 11.4. The number of thiophene rings is 1. The number of anilines is 1. The monoisotopic (exact) mass is 329 g/mol. The molecule has 0 bridgehead atoms. The first kappa shape index (κ1) is 12.9. The minimum atomic E-state index is 0.282. The van der Waals surface area contributed by atoms with E-state index in [4.69, 9.17) is 11.6 Å². The van der Waals surface area contributed by atoms with Crippen molar-refractivity contribution in [1.29, 1.82) is 0 Å². The molecule has 1 nitrogen and oxygen atoms in total. The van der Waals surface area contributed by atoms with E-state index in [2.05, 4.69) is 45.7 Å². The number of aryl methyl sites for hydroxylation is 1.